The minimum absolute atomic E-state index is 0.673. The zero-order valence-electron chi connectivity index (χ0n) is 9.95. The molecule has 1 aliphatic rings. The largest absolute Gasteiger partial charge is 0.317 e. The zero-order valence-corrected chi connectivity index (χ0v) is 11.6. The maximum atomic E-state index is 3.49. The lowest BCUT2D eigenvalue weighted by Crippen LogP contribution is -2.30. The van der Waals surface area contributed by atoms with Crippen LogP contribution in [0, 0.1) is 5.92 Å². The van der Waals surface area contributed by atoms with Crippen molar-refractivity contribution in [1.82, 2.24) is 5.32 Å². The van der Waals surface area contributed by atoms with E-state index >= 15 is 0 Å². The Labute approximate surface area is 107 Å². The first-order valence-electron chi connectivity index (χ1n) is 6.16. The monoisotopic (exact) mass is 255 g/mol. The van der Waals surface area contributed by atoms with Gasteiger partial charge in [0.2, 0.25) is 0 Å². The van der Waals surface area contributed by atoms with Gasteiger partial charge in [-0.05, 0) is 61.6 Å². The normalized spacial score (nSPS) is 19.8. The summed E-state index contributed by atoms with van der Waals surface area (Å²) in [4.78, 5) is 1.52. The maximum Gasteiger partial charge on any atom is 0.0115 e. The van der Waals surface area contributed by atoms with E-state index in [1.54, 1.807) is 0 Å². The third-order valence-corrected chi connectivity index (χ3v) is 5.34. The van der Waals surface area contributed by atoms with Gasteiger partial charge >= 0.3 is 0 Å². The van der Waals surface area contributed by atoms with Gasteiger partial charge in [0.1, 0.15) is 0 Å². The Balaban J connectivity index is 1.80. The van der Waals surface area contributed by atoms with Gasteiger partial charge in [-0.15, -0.1) is 11.3 Å². The van der Waals surface area contributed by atoms with Crippen LogP contribution >= 0.6 is 23.1 Å². The summed E-state index contributed by atoms with van der Waals surface area (Å²) in [6.45, 7) is 0. The van der Waals surface area contributed by atoms with Crippen LogP contribution in [-0.4, -0.2) is 24.6 Å². The van der Waals surface area contributed by atoms with E-state index in [2.05, 4.69) is 41.6 Å². The number of nitrogens with one attached hydrogen (secondary N) is 1. The summed E-state index contributed by atoms with van der Waals surface area (Å²) >= 11 is 4.00. The first-order valence-corrected chi connectivity index (χ1v) is 8.19. The van der Waals surface area contributed by atoms with Crippen molar-refractivity contribution in [2.24, 2.45) is 5.92 Å². The molecule has 1 aromatic heterocycles. The fourth-order valence-corrected chi connectivity index (χ4v) is 4.35. The summed E-state index contributed by atoms with van der Waals surface area (Å²) in [7, 11) is 2.11. The van der Waals surface area contributed by atoms with Crippen LogP contribution < -0.4 is 5.32 Å². The minimum atomic E-state index is 0.673. The number of thioether (sulfide) groups is 1. The topological polar surface area (TPSA) is 12.0 Å². The van der Waals surface area contributed by atoms with Crippen molar-refractivity contribution < 1.29 is 0 Å². The fraction of sp³-hybridized carbons (Fsp3) is 0.692. The summed E-state index contributed by atoms with van der Waals surface area (Å²) in [5.41, 5.74) is 0. The maximum absolute atomic E-state index is 3.49. The molecule has 1 fully saturated rings. The van der Waals surface area contributed by atoms with Crippen LogP contribution in [0.1, 0.15) is 24.1 Å². The first kappa shape index (κ1) is 12.5. The van der Waals surface area contributed by atoms with Crippen molar-refractivity contribution in [3.8, 4) is 0 Å². The molecule has 16 heavy (non-hydrogen) atoms. The third kappa shape index (κ3) is 3.79. The molecule has 0 aromatic carbocycles. The average molecular weight is 255 g/mol. The predicted molar refractivity (Wildman–Crippen MR) is 75.5 cm³/mol. The van der Waals surface area contributed by atoms with Crippen LogP contribution in [0.4, 0.5) is 0 Å². The highest BCUT2D eigenvalue weighted by Gasteiger charge is 2.18. The van der Waals surface area contributed by atoms with Crippen LogP contribution in [0.5, 0.6) is 0 Å². The van der Waals surface area contributed by atoms with Crippen LogP contribution in [0.2, 0.25) is 0 Å². The van der Waals surface area contributed by atoms with Crippen LogP contribution in [0.3, 0.4) is 0 Å². The molecule has 1 aromatic rings. The fourth-order valence-electron chi connectivity index (χ4n) is 2.36. The molecule has 2 heterocycles. The smallest absolute Gasteiger partial charge is 0.0115 e. The molecule has 2 rings (SSSR count). The minimum Gasteiger partial charge on any atom is -0.317 e. The van der Waals surface area contributed by atoms with Gasteiger partial charge in [-0.1, -0.05) is 6.07 Å². The van der Waals surface area contributed by atoms with E-state index < -0.39 is 0 Å². The Hall–Kier alpha value is 0.01000. The molecule has 1 nitrogen and oxygen atoms in total. The van der Waals surface area contributed by atoms with Crippen molar-refractivity contribution in [1.29, 1.82) is 0 Å². The second-order valence-electron chi connectivity index (χ2n) is 4.56. The Morgan fingerprint density at radius 1 is 1.44 bits per heavy atom. The molecule has 3 heteroatoms. The van der Waals surface area contributed by atoms with Gasteiger partial charge in [-0.3, -0.25) is 0 Å². The van der Waals surface area contributed by atoms with Gasteiger partial charge in [0.15, 0.2) is 0 Å². The highest BCUT2D eigenvalue weighted by Crippen LogP contribution is 2.27. The third-order valence-electron chi connectivity index (χ3n) is 3.39. The van der Waals surface area contributed by atoms with Crippen LogP contribution in [-0.2, 0) is 6.42 Å². The second-order valence-corrected chi connectivity index (χ2v) is 6.82. The Morgan fingerprint density at radius 2 is 2.25 bits per heavy atom. The summed E-state index contributed by atoms with van der Waals surface area (Å²) in [5.74, 6) is 3.71. The highest BCUT2D eigenvalue weighted by molar-refractivity contribution is 7.99. The number of hydrogen-bond donors (Lipinski definition) is 1. The summed E-state index contributed by atoms with van der Waals surface area (Å²) in [6, 6.07) is 5.09. The van der Waals surface area contributed by atoms with Gasteiger partial charge in [0.05, 0.1) is 0 Å². The molecule has 0 aliphatic carbocycles. The molecule has 1 atom stereocenters. The Morgan fingerprint density at radius 3 is 2.88 bits per heavy atom. The summed E-state index contributed by atoms with van der Waals surface area (Å²) in [5, 5.41) is 5.67. The first-order chi connectivity index (χ1) is 7.88. The van der Waals surface area contributed by atoms with Gasteiger partial charge in [0.25, 0.3) is 0 Å². The lowest BCUT2D eigenvalue weighted by molar-refractivity contribution is 0.377. The van der Waals surface area contributed by atoms with Gasteiger partial charge < -0.3 is 5.32 Å². The average Bonchev–Trinajstić information content (AvgIpc) is 2.82. The quantitative estimate of drug-likeness (QED) is 0.865. The Kier molecular flexibility index (Phi) is 5.20. The lowest BCUT2D eigenvalue weighted by atomic mass is 9.92. The van der Waals surface area contributed by atoms with E-state index in [0.29, 0.717) is 6.04 Å². The van der Waals surface area contributed by atoms with Crippen molar-refractivity contribution in [2.75, 3.05) is 18.6 Å². The molecule has 0 amide bonds. The van der Waals surface area contributed by atoms with Crippen LogP contribution in [0.25, 0.3) is 0 Å². The molecule has 1 saturated heterocycles. The van der Waals surface area contributed by atoms with E-state index in [9.17, 15) is 0 Å². The number of hydrogen-bond acceptors (Lipinski definition) is 3. The van der Waals surface area contributed by atoms with E-state index in [0.717, 1.165) is 5.92 Å². The molecule has 1 aliphatic heterocycles. The van der Waals surface area contributed by atoms with E-state index in [1.807, 2.05) is 11.3 Å². The number of likely N-dealkylation sites (N-methyl/N-ethyl adjacent to an activating group) is 1. The summed E-state index contributed by atoms with van der Waals surface area (Å²) in [6.07, 6.45) is 5.41. The van der Waals surface area contributed by atoms with E-state index in [-0.39, 0.29) is 0 Å². The molecule has 0 radical (unpaired) electrons. The van der Waals surface area contributed by atoms with Crippen molar-refractivity contribution in [3.05, 3.63) is 22.4 Å². The van der Waals surface area contributed by atoms with Crippen molar-refractivity contribution in [3.63, 3.8) is 0 Å². The zero-order chi connectivity index (χ0) is 11.2. The van der Waals surface area contributed by atoms with Gasteiger partial charge in [-0.25, -0.2) is 0 Å². The van der Waals surface area contributed by atoms with E-state index in [1.165, 1.54) is 42.1 Å². The number of thiophene rings is 1. The molecule has 1 N–H and O–H groups in total. The molecule has 90 valence electrons. The molecular formula is C13H21NS2. The predicted octanol–water partition coefficient (Wildman–Crippen LogP) is 3.41. The number of rotatable bonds is 5. The SMILES string of the molecule is CNC(Cc1cccs1)CC1CCSCC1. The van der Waals surface area contributed by atoms with Crippen molar-refractivity contribution in [2.45, 2.75) is 31.7 Å². The van der Waals surface area contributed by atoms with Gasteiger partial charge in [0, 0.05) is 10.9 Å². The Bertz CT molecular complexity index is 278. The molecular weight excluding hydrogens is 234 g/mol. The van der Waals surface area contributed by atoms with Crippen LogP contribution in [0.15, 0.2) is 17.5 Å². The summed E-state index contributed by atoms with van der Waals surface area (Å²) < 4.78 is 0. The van der Waals surface area contributed by atoms with E-state index in [4.69, 9.17) is 0 Å². The molecule has 1 unspecified atom stereocenters. The highest BCUT2D eigenvalue weighted by atomic mass is 32.2. The lowest BCUT2D eigenvalue weighted by Gasteiger charge is -2.26. The van der Waals surface area contributed by atoms with Gasteiger partial charge in [-0.2, -0.15) is 11.8 Å². The second kappa shape index (κ2) is 6.67. The standard InChI is InChI=1S/C13H21NS2/c1-14-12(10-13-3-2-6-16-13)9-11-4-7-15-8-5-11/h2-3,6,11-12,14H,4-5,7-10H2,1H3. The molecule has 0 bridgehead atoms. The molecule has 0 spiro atoms. The van der Waals surface area contributed by atoms with Crippen molar-refractivity contribution >= 4 is 23.1 Å². The molecule has 0 saturated carbocycles.